The van der Waals surface area contributed by atoms with Gasteiger partial charge in [-0.15, -0.1) is 0 Å². The van der Waals surface area contributed by atoms with E-state index in [1.54, 1.807) is 4.90 Å². The lowest BCUT2D eigenvalue weighted by Gasteiger charge is -2.37. The van der Waals surface area contributed by atoms with Gasteiger partial charge in [0, 0.05) is 25.6 Å². The molecule has 2 aliphatic rings. The smallest absolute Gasteiger partial charge is 0.253 e. The molecule has 4 rings (SSSR count). The highest BCUT2D eigenvalue weighted by atomic mass is 16.5. The molecule has 0 N–H and O–H groups in total. The number of para-hydroxylation sites is 2. The van der Waals surface area contributed by atoms with Crippen LogP contribution in [0.4, 0.5) is 5.69 Å². The Morgan fingerprint density at radius 1 is 1.23 bits per heavy atom. The second kappa shape index (κ2) is 6.90. The largest absolute Gasteiger partial charge is 0.493 e. The third kappa shape index (κ3) is 3.09. The topological polar surface area (TPSA) is 42.0 Å². The van der Waals surface area contributed by atoms with Crippen molar-refractivity contribution in [2.45, 2.75) is 19.4 Å². The third-order valence-corrected chi connectivity index (χ3v) is 5.07. The molecule has 2 aliphatic heterocycles. The second-order valence-electron chi connectivity index (χ2n) is 6.85. The van der Waals surface area contributed by atoms with Crippen LogP contribution in [0.5, 0.6) is 11.5 Å². The van der Waals surface area contributed by atoms with E-state index >= 15 is 0 Å². The number of ether oxygens (including phenoxy) is 2. The maximum Gasteiger partial charge on any atom is 0.253 e. The summed E-state index contributed by atoms with van der Waals surface area (Å²) in [6.07, 6.45) is 0.824. The molecule has 5 nitrogen and oxygen atoms in total. The molecule has 136 valence electrons. The minimum Gasteiger partial charge on any atom is -0.493 e. The standard InChI is InChI=1S/C21H24N2O3/c1-3-23-14-17(26-20-7-5-4-6-18(20)23)13-22(2)21(24)16-8-9-19-15(12-16)10-11-25-19/h4-9,12,17H,3,10-11,13-14H2,1-2H3/t17-/m0/s1. The highest BCUT2D eigenvalue weighted by Gasteiger charge is 2.27. The SMILES string of the molecule is CCN1C[C@H](CN(C)C(=O)c2ccc3c(c2)CCO3)Oc2ccccc21. The van der Waals surface area contributed by atoms with Crippen molar-refractivity contribution in [3.8, 4) is 11.5 Å². The number of hydrogen-bond acceptors (Lipinski definition) is 4. The van der Waals surface area contributed by atoms with Crippen LogP contribution in [-0.2, 0) is 6.42 Å². The van der Waals surface area contributed by atoms with Crippen LogP contribution in [0.1, 0.15) is 22.8 Å². The van der Waals surface area contributed by atoms with Crippen molar-refractivity contribution in [1.29, 1.82) is 0 Å². The minimum absolute atomic E-state index is 0.0187. The average molecular weight is 352 g/mol. The minimum atomic E-state index is -0.0449. The van der Waals surface area contributed by atoms with E-state index in [2.05, 4.69) is 17.9 Å². The molecule has 0 aromatic heterocycles. The van der Waals surface area contributed by atoms with Crippen LogP contribution >= 0.6 is 0 Å². The fraction of sp³-hybridized carbons (Fsp3) is 0.381. The Kier molecular flexibility index (Phi) is 4.45. The van der Waals surface area contributed by atoms with E-state index < -0.39 is 0 Å². The number of anilines is 1. The van der Waals surface area contributed by atoms with Crippen LogP contribution in [0.3, 0.4) is 0 Å². The van der Waals surface area contributed by atoms with E-state index in [9.17, 15) is 4.79 Å². The number of benzene rings is 2. The van der Waals surface area contributed by atoms with E-state index in [1.165, 1.54) is 0 Å². The molecule has 0 saturated carbocycles. The lowest BCUT2D eigenvalue weighted by Crippen LogP contribution is -2.46. The molecule has 0 unspecified atom stereocenters. The lowest BCUT2D eigenvalue weighted by atomic mass is 10.1. The summed E-state index contributed by atoms with van der Waals surface area (Å²) in [4.78, 5) is 16.9. The Bertz CT molecular complexity index is 821. The van der Waals surface area contributed by atoms with Crippen molar-refractivity contribution in [3.63, 3.8) is 0 Å². The van der Waals surface area contributed by atoms with Crippen molar-refractivity contribution in [2.24, 2.45) is 0 Å². The molecule has 2 aromatic rings. The summed E-state index contributed by atoms with van der Waals surface area (Å²) in [5, 5.41) is 0. The van der Waals surface area contributed by atoms with Gasteiger partial charge in [-0.3, -0.25) is 4.79 Å². The Morgan fingerprint density at radius 2 is 2.08 bits per heavy atom. The lowest BCUT2D eigenvalue weighted by molar-refractivity contribution is 0.0709. The molecule has 2 heterocycles. The molecule has 5 heteroatoms. The van der Waals surface area contributed by atoms with Crippen molar-refractivity contribution in [2.75, 3.05) is 38.2 Å². The summed E-state index contributed by atoms with van der Waals surface area (Å²) in [7, 11) is 1.84. The fourth-order valence-corrected chi connectivity index (χ4v) is 3.70. The van der Waals surface area contributed by atoms with Gasteiger partial charge >= 0.3 is 0 Å². The molecule has 0 saturated heterocycles. The van der Waals surface area contributed by atoms with Crippen molar-refractivity contribution in [1.82, 2.24) is 4.90 Å². The van der Waals surface area contributed by atoms with E-state index in [0.717, 1.165) is 42.3 Å². The molecule has 0 radical (unpaired) electrons. The summed E-state index contributed by atoms with van der Waals surface area (Å²) >= 11 is 0. The molecule has 0 spiro atoms. The zero-order valence-electron chi connectivity index (χ0n) is 15.3. The van der Waals surface area contributed by atoms with Crippen LogP contribution in [0, 0.1) is 0 Å². The monoisotopic (exact) mass is 352 g/mol. The highest BCUT2D eigenvalue weighted by Crippen LogP contribution is 2.33. The van der Waals surface area contributed by atoms with Crippen LogP contribution in [0.15, 0.2) is 42.5 Å². The maximum atomic E-state index is 12.8. The normalized spacial score (nSPS) is 17.8. The van der Waals surface area contributed by atoms with Gasteiger partial charge < -0.3 is 19.3 Å². The number of fused-ring (bicyclic) bond motifs is 2. The number of likely N-dealkylation sites (N-methyl/N-ethyl adjacent to an activating group) is 2. The predicted molar refractivity (Wildman–Crippen MR) is 101 cm³/mol. The number of amides is 1. The molecule has 1 atom stereocenters. The van der Waals surface area contributed by atoms with Crippen LogP contribution in [-0.4, -0.2) is 50.2 Å². The number of hydrogen-bond donors (Lipinski definition) is 0. The second-order valence-corrected chi connectivity index (χ2v) is 6.85. The third-order valence-electron chi connectivity index (χ3n) is 5.07. The van der Waals surface area contributed by atoms with Gasteiger partial charge in [-0.25, -0.2) is 0 Å². The first-order valence-corrected chi connectivity index (χ1v) is 9.17. The Hall–Kier alpha value is -2.69. The molecule has 0 fully saturated rings. The van der Waals surface area contributed by atoms with Gasteiger partial charge in [0.05, 0.1) is 25.4 Å². The summed E-state index contributed by atoms with van der Waals surface area (Å²) in [6.45, 7) is 5.09. The van der Waals surface area contributed by atoms with Gasteiger partial charge in [0.25, 0.3) is 5.91 Å². The summed E-state index contributed by atoms with van der Waals surface area (Å²) in [5.74, 6) is 1.81. The van der Waals surface area contributed by atoms with Gasteiger partial charge in [0.1, 0.15) is 17.6 Å². The maximum absolute atomic E-state index is 12.8. The Balaban J connectivity index is 1.46. The summed E-state index contributed by atoms with van der Waals surface area (Å²) in [6, 6.07) is 13.8. The van der Waals surface area contributed by atoms with Gasteiger partial charge in [-0.2, -0.15) is 0 Å². The molecule has 0 aliphatic carbocycles. The van der Waals surface area contributed by atoms with Crippen molar-refractivity contribution in [3.05, 3.63) is 53.6 Å². The van der Waals surface area contributed by atoms with Crippen molar-refractivity contribution >= 4 is 11.6 Å². The molecular formula is C21H24N2O3. The quantitative estimate of drug-likeness (QED) is 0.848. The number of carbonyl (C=O) groups excluding carboxylic acids is 1. The summed E-state index contributed by atoms with van der Waals surface area (Å²) in [5.41, 5.74) is 2.95. The van der Waals surface area contributed by atoms with Crippen molar-refractivity contribution < 1.29 is 14.3 Å². The van der Waals surface area contributed by atoms with E-state index in [-0.39, 0.29) is 12.0 Å². The molecule has 26 heavy (non-hydrogen) atoms. The zero-order chi connectivity index (χ0) is 18.1. The fourth-order valence-electron chi connectivity index (χ4n) is 3.70. The van der Waals surface area contributed by atoms with Gasteiger partial charge in [0.2, 0.25) is 0 Å². The van der Waals surface area contributed by atoms with E-state index in [0.29, 0.717) is 18.7 Å². The van der Waals surface area contributed by atoms with Crippen LogP contribution in [0.2, 0.25) is 0 Å². The molecule has 0 bridgehead atoms. The average Bonchev–Trinajstić information content (AvgIpc) is 3.14. The van der Waals surface area contributed by atoms with Gasteiger partial charge in [-0.05, 0) is 42.8 Å². The highest BCUT2D eigenvalue weighted by molar-refractivity contribution is 5.94. The predicted octanol–water partition coefficient (Wildman–Crippen LogP) is 2.98. The first kappa shape index (κ1) is 16.8. The van der Waals surface area contributed by atoms with E-state index in [1.807, 2.05) is 43.4 Å². The van der Waals surface area contributed by atoms with Gasteiger partial charge in [-0.1, -0.05) is 12.1 Å². The van der Waals surface area contributed by atoms with Gasteiger partial charge in [0.15, 0.2) is 0 Å². The van der Waals surface area contributed by atoms with E-state index in [4.69, 9.17) is 9.47 Å². The first-order valence-electron chi connectivity index (χ1n) is 9.17. The van der Waals surface area contributed by atoms with Crippen LogP contribution in [0.25, 0.3) is 0 Å². The summed E-state index contributed by atoms with van der Waals surface area (Å²) < 4.78 is 11.7. The van der Waals surface area contributed by atoms with Crippen LogP contribution < -0.4 is 14.4 Å². The Labute approximate surface area is 154 Å². The number of rotatable bonds is 4. The first-order chi connectivity index (χ1) is 12.7. The molecule has 1 amide bonds. The molecular weight excluding hydrogens is 328 g/mol. The Morgan fingerprint density at radius 3 is 2.92 bits per heavy atom. The zero-order valence-corrected chi connectivity index (χ0v) is 15.3. The number of carbonyl (C=O) groups is 1. The number of nitrogens with zero attached hydrogens (tertiary/aromatic N) is 2. The molecule has 2 aromatic carbocycles.